The monoisotopic (exact) mass is 274 g/mol. The minimum absolute atomic E-state index is 0.0307. The summed E-state index contributed by atoms with van der Waals surface area (Å²) in [7, 11) is 0. The largest absolute Gasteiger partial charge is 0.395 e. The zero-order valence-electron chi connectivity index (χ0n) is 11.4. The number of amides is 1. The Morgan fingerprint density at radius 3 is 3.15 bits per heavy atom. The molecule has 20 heavy (non-hydrogen) atoms. The minimum Gasteiger partial charge on any atom is -0.395 e. The minimum atomic E-state index is -0.124. The predicted molar refractivity (Wildman–Crippen MR) is 75.0 cm³/mol. The van der Waals surface area contributed by atoms with E-state index in [0.29, 0.717) is 24.5 Å². The summed E-state index contributed by atoms with van der Waals surface area (Å²) < 4.78 is 5.39. The second kappa shape index (κ2) is 7.04. The van der Waals surface area contributed by atoms with Crippen LogP contribution in [0.3, 0.4) is 0 Å². The molecule has 106 valence electrons. The van der Waals surface area contributed by atoms with Gasteiger partial charge < -0.3 is 15.2 Å². The first-order valence-electron chi connectivity index (χ1n) is 6.70. The van der Waals surface area contributed by atoms with Crippen LogP contribution >= 0.6 is 0 Å². The van der Waals surface area contributed by atoms with E-state index >= 15 is 0 Å². The van der Waals surface area contributed by atoms with Gasteiger partial charge in [-0.05, 0) is 31.4 Å². The van der Waals surface area contributed by atoms with Gasteiger partial charge in [-0.3, -0.25) is 4.79 Å². The van der Waals surface area contributed by atoms with Gasteiger partial charge in [0.25, 0.3) is 0 Å². The molecular formula is C15H18N2O3. The lowest BCUT2D eigenvalue weighted by Gasteiger charge is -2.13. The van der Waals surface area contributed by atoms with Crippen molar-refractivity contribution < 1.29 is 14.6 Å². The number of ether oxygens (including phenoxy) is 1. The molecule has 1 aromatic heterocycles. The van der Waals surface area contributed by atoms with E-state index in [4.69, 9.17) is 9.84 Å². The van der Waals surface area contributed by atoms with Gasteiger partial charge in [0.1, 0.15) is 11.5 Å². The van der Waals surface area contributed by atoms with Gasteiger partial charge in [0, 0.05) is 13.0 Å². The highest BCUT2D eigenvalue weighted by Crippen LogP contribution is 2.21. The Balaban J connectivity index is 2.01. The van der Waals surface area contributed by atoms with Crippen LogP contribution in [0, 0.1) is 17.8 Å². The summed E-state index contributed by atoms with van der Waals surface area (Å²) in [5.41, 5.74) is 0.576. The highest BCUT2D eigenvalue weighted by molar-refractivity contribution is 5.92. The Hall–Kier alpha value is -1.90. The molecule has 0 aliphatic carbocycles. The second-order valence-electron chi connectivity index (χ2n) is 4.64. The van der Waals surface area contributed by atoms with Gasteiger partial charge in [-0.1, -0.05) is 12.0 Å². The number of hydrogen-bond acceptors (Lipinski definition) is 4. The van der Waals surface area contributed by atoms with Gasteiger partial charge >= 0.3 is 0 Å². The molecule has 1 aliphatic heterocycles. The third-order valence-electron chi connectivity index (χ3n) is 3.17. The van der Waals surface area contributed by atoms with Crippen LogP contribution in [0.25, 0.3) is 0 Å². The molecule has 0 spiro atoms. The van der Waals surface area contributed by atoms with Crippen molar-refractivity contribution in [3.8, 4) is 11.8 Å². The quantitative estimate of drug-likeness (QED) is 0.812. The number of carbonyl (C=O) groups is 1. The number of pyridine rings is 1. The fourth-order valence-corrected chi connectivity index (χ4v) is 2.08. The van der Waals surface area contributed by atoms with E-state index in [9.17, 15) is 4.79 Å². The van der Waals surface area contributed by atoms with Gasteiger partial charge in [-0.2, -0.15) is 0 Å². The topological polar surface area (TPSA) is 71.5 Å². The lowest BCUT2D eigenvalue weighted by Crippen LogP contribution is -2.28. The Kier molecular flexibility index (Phi) is 5.10. The van der Waals surface area contributed by atoms with E-state index < -0.39 is 0 Å². The van der Waals surface area contributed by atoms with Crippen LogP contribution in [-0.4, -0.2) is 35.3 Å². The van der Waals surface area contributed by atoms with Crippen molar-refractivity contribution in [2.45, 2.75) is 25.9 Å². The highest BCUT2D eigenvalue weighted by atomic mass is 16.5. The summed E-state index contributed by atoms with van der Waals surface area (Å²) >= 11 is 0. The summed E-state index contributed by atoms with van der Waals surface area (Å²) in [5, 5.41) is 11.5. The molecule has 1 saturated heterocycles. The Labute approximate surface area is 118 Å². The Morgan fingerprint density at radius 1 is 1.60 bits per heavy atom. The second-order valence-corrected chi connectivity index (χ2v) is 4.64. The maximum atomic E-state index is 12.1. The number of aliphatic hydroxyl groups is 1. The number of rotatable bonds is 3. The third kappa shape index (κ3) is 3.80. The molecule has 1 aliphatic rings. The van der Waals surface area contributed by atoms with Crippen molar-refractivity contribution in [1.29, 1.82) is 0 Å². The van der Waals surface area contributed by atoms with E-state index in [1.165, 1.54) is 0 Å². The van der Waals surface area contributed by atoms with Gasteiger partial charge in [-0.25, -0.2) is 4.98 Å². The smallest absolute Gasteiger partial charge is 0.231 e. The number of nitrogens with zero attached hydrogens (tertiary/aromatic N) is 1. The molecular weight excluding hydrogens is 256 g/mol. The standard InChI is InChI=1S/C15H18N2O3/c1-11-13(8-10-20-11)15(19)17-14-7-4-6-12(16-14)5-2-3-9-18/h4,6-7,11,13,18H,3,8-10H2,1H3,(H,16,17,19). The van der Waals surface area contributed by atoms with Crippen molar-refractivity contribution in [3.63, 3.8) is 0 Å². The molecule has 0 bridgehead atoms. The first-order valence-corrected chi connectivity index (χ1v) is 6.70. The molecule has 2 unspecified atom stereocenters. The lowest BCUT2D eigenvalue weighted by atomic mass is 10.0. The molecule has 2 rings (SSSR count). The van der Waals surface area contributed by atoms with Crippen LogP contribution < -0.4 is 5.32 Å². The number of carbonyl (C=O) groups excluding carboxylic acids is 1. The van der Waals surface area contributed by atoms with Crippen LogP contribution in [0.15, 0.2) is 18.2 Å². The van der Waals surface area contributed by atoms with Gasteiger partial charge in [0.05, 0.1) is 18.6 Å². The molecule has 2 heterocycles. The molecule has 0 saturated carbocycles. The Bertz CT molecular complexity index is 533. The lowest BCUT2D eigenvalue weighted by molar-refractivity contribution is -0.121. The zero-order chi connectivity index (χ0) is 14.4. The molecule has 1 amide bonds. The van der Waals surface area contributed by atoms with Crippen LogP contribution in [0.1, 0.15) is 25.5 Å². The summed E-state index contributed by atoms with van der Waals surface area (Å²) in [6.07, 6.45) is 1.10. The third-order valence-corrected chi connectivity index (χ3v) is 3.17. The normalized spacial score (nSPS) is 21.1. The molecule has 0 radical (unpaired) electrons. The molecule has 1 aromatic rings. The van der Waals surface area contributed by atoms with E-state index in [1.807, 2.05) is 6.92 Å². The first-order chi connectivity index (χ1) is 9.70. The van der Waals surface area contributed by atoms with Crippen molar-refractivity contribution in [1.82, 2.24) is 4.98 Å². The number of hydrogen-bond donors (Lipinski definition) is 2. The molecule has 2 N–H and O–H groups in total. The number of anilines is 1. The highest BCUT2D eigenvalue weighted by Gasteiger charge is 2.30. The van der Waals surface area contributed by atoms with Crippen LogP contribution in [-0.2, 0) is 9.53 Å². The predicted octanol–water partition coefficient (Wildman–Crippen LogP) is 1.18. The fraction of sp³-hybridized carbons (Fsp3) is 0.467. The molecule has 1 fully saturated rings. The van der Waals surface area contributed by atoms with Crippen LogP contribution in [0.2, 0.25) is 0 Å². The summed E-state index contributed by atoms with van der Waals surface area (Å²) in [6.45, 7) is 2.56. The van der Waals surface area contributed by atoms with E-state index in [-0.39, 0.29) is 24.5 Å². The van der Waals surface area contributed by atoms with E-state index in [1.54, 1.807) is 18.2 Å². The molecule has 0 aromatic carbocycles. The number of aromatic nitrogens is 1. The number of nitrogens with one attached hydrogen (secondary N) is 1. The van der Waals surface area contributed by atoms with Gasteiger partial charge in [0.15, 0.2) is 0 Å². The average Bonchev–Trinajstić information content (AvgIpc) is 2.86. The summed E-state index contributed by atoms with van der Waals surface area (Å²) in [5.74, 6) is 5.94. The van der Waals surface area contributed by atoms with Crippen molar-refractivity contribution in [2.75, 3.05) is 18.5 Å². The Morgan fingerprint density at radius 2 is 2.45 bits per heavy atom. The van der Waals surface area contributed by atoms with E-state index in [0.717, 1.165) is 6.42 Å². The van der Waals surface area contributed by atoms with Crippen LogP contribution in [0.4, 0.5) is 5.82 Å². The van der Waals surface area contributed by atoms with Crippen molar-refractivity contribution in [3.05, 3.63) is 23.9 Å². The molecule has 5 heteroatoms. The number of aliphatic hydroxyl groups excluding tert-OH is 1. The SMILES string of the molecule is CC1OCCC1C(=O)Nc1cccc(C#CCCO)n1. The van der Waals surface area contributed by atoms with Gasteiger partial charge in [0.2, 0.25) is 5.91 Å². The maximum Gasteiger partial charge on any atom is 0.231 e. The summed E-state index contributed by atoms with van der Waals surface area (Å²) in [6, 6.07) is 5.29. The first kappa shape index (κ1) is 14.5. The van der Waals surface area contributed by atoms with E-state index in [2.05, 4.69) is 22.1 Å². The van der Waals surface area contributed by atoms with Crippen LogP contribution in [0.5, 0.6) is 0 Å². The van der Waals surface area contributed by atoms with Crippen molar-refractivity contribution in [2.24, 2.45) is 5.92 Å². The average molecular weight is 274 g/mol. The zero-order valence-corrected chi connectivity index (χ0v) is 11.4. The fourth-order valence-electron chi connectivity index (χ4n) is 2.08. The molecule has 2 atom stereocenters. The maximum absolute atomic E-state index is 12.1. The molecule has 5 nitrogen and oxygen atoms in total. The van der Waals surface area contributed by atoms with Crippen molar-refractivity contribution >= 4 is 11.7 Å². The summed E-state index contributed by atoms with van der Waals surface area (Å²) in [4.78, 5) is 16.3. The van der Waals surface area contributed by atoms with Gasteiger partial charge in [-0.15, -0.1) is 0 Å².